The molecule has 0 amide bonds. The van der Waals surface area contributed by atoms with Crippen molar-refractivity contribution in [3.63, 3.8) is 0 Å². The summed E-state index contributed by atoms with van der Waals surface area (Å²) in [5.41, 5.74) is 0.968. The molecule has 2 aliphatic carbocycles. The zero-order chi connectivity index (χ0) is 14.7. The van der Waals surface area contributed by atoms with Gasteiger partial charge in [0.05, 0.1) is 0 Å². The number of hydrogen-bond donors (Lipinski definition) is 1. The zero-order valence-electron chi connectivity index (χ0n) is 13.3. The molecule has 0 unspecified atom stereocenters. The van der Waals surface area contributed by atoms with Crippen molar-refractivity contribution >= 4 is 5.82 Å². The number of methoxy groups -OCH3 is 1. The fourth-order valence-corrected chi connectivity index (χ4v) is 3.84. The normalized spacial score (nSPS) is 21.8. The third-order valence-electron chi connectivity index (χ3n) is 5.09. The molecule has 4 heteroatoms. The molecule has 21 heavy (non-hydrogen) atoms. The van der Waals surface area contributed by atoms with Crippen LogP contribution in [0, 0.1) is 0 Å². The molecule has 0 radical (unpaired) electrons. The first kappa shape index (κ1) is 14.8. The highest BCUT2D eigenvalue weighted by Crippen LogP contribution is 2.41. The van der Waals surface area contributed by atoms with Crippen LogP contribution in [0.2, 0.25) is 0 Å². The van der Waals surface area contributed by atoms with E-state index in [1.807, 2.05) is 7.11 Å². The van der Waals surface area contributed by atoms with Crippen LogP contribution < -0.4 is 5.32 Å². The van der Waals surface area contributed by atoms with Gasteiger partial charge in [0.25, 0.3) is 0 Å². The Morgan fingerprint density at radius 1 is 1.19 bits per heavy atom. The summed E-state index contributed by atoms with van der Waals surface area (Å²) in [6.07, 6.45) is 9.70. The summed E-state index contributed by atoms with van der Waals surface area (Å²) >= 11 is 0. The lowest BCUT2D eigenvalue weighted by Gasteiger charge is -2.27. The zero-order valence-corrected chi connectivity index (χ0v) is 13.3. The fourth-order valence-electron chi connectivity index (χ4n) is 3.84. The summed E-state index contributed by atoms with van der Waals surface area (Å²) in [6, 6.07) is 2.15. The molecule has 2 fully saturated rings. The first-order valence-electron chi connectivity index (χ1n) is 8.46. The van der Waals surface area contributed by atoms with Crippen LogP contribution in [0.4, 0.5) is 5.82 Å². The van der Waals surface area contributed by atoms with E-state index in [9.17, 15) is 0 Å². The van der Waals surface area contributed by atoms with Gasteiger partial charge in [-0.1, -0.05) is 12.8 Å². The Labute approximate surface area is 127 Å². The highest BCUT2D eigenvalue weighted by atomic mass is 16.5. The molecule has 0 aromatic carbocycles. The molecule has 0 bridgehead atoms. The molecule has 0 spiro atoms. The average Bonchev–Trinajstić information content (AvgIpc) is 3.19. The highest BCUT2D eigenvalue weighted by molar-refractivity contribution is 5.38. The van der Waals surface area contributed by atoms with Crippen LogP contribution in [0.5, 0.6) is 0 Å². The maximum absolute atomic E-state index is 5.88. The molecular weight excluding hydrogens is 262 g/mol. The average molecular weight is 289 g/mol. The Morgan fingerprint density at radius 2 is 1.90 bits per heavy atom. The van der Waals surface area contributed by atoms with Crippen molar-refractivity contribution in [2.75, 3.05) is 19.0 Å². The van der Waals surface area contributed by atoms with Crippen molar-refractivity contribution < 1.29 is 4.74 Å². The maximum Gasteiger partial charge on any atom is 0.162 e. The summed E-state index contributed by atoms with van der Waals surface area (Å²) in [5, 5.41) is 3.37. The van der Waals surface area contributed by atoms with Crippen LogP contribution in [0.25, 0.3) is 0 Å². The van der Waals surface area contributed by atoms with Crippen molar-refractivity contribution in [1.29, 1.82) is 0 Å². The van der Waals surface area contributed by atoms with E-state index in [2.05, 4.69) is 18.3 Å². The Bertz CT molecular complexity index is 477. The monoisotopic (exact) mass is 289 g/mol. The minimum absolute atomic E-state index is 0.251. The first-order chi connectivity index (χ1) is 10.3. The Morgan fingerprint density at radius 3 is 2.52 bits per heavy atom. The number of nitrogens with zero attached hydrogens (tertiary/aromatic N) is 2. The van der Waals surface area contributed by atoms with Gasteiger partial charge < -0.3 is 10.1 Å². The lowest BCUT2D eigenvalue weighted by molar-refractivity contribution is -0.0164. The molecule has 2 saturated carbocycles. The van der Waals surface area contributed by atoms with E-state index in [1.54, 1.807) is 0 Å². The minimum Gasteiger partial charge on any atom is -0.370 e. The Hall–Kier alpha value is -1.16. The third-order valence-corrected chi connectivity index (χ3v) is 5.09. The van der Waals surface area contributed by atoms with Crippen molar-refractivity contribution in [2.45, 2.75) is 69.8 Å². The minimum atomic E-state index is -0.251. The second kappa shape index (κ2) is 6.30. The maximum atomic E-state index is 5.88. The van der Waals surface area contributed by atoms with E-state index in [1.165, 1.54) is 44.2 Å². The van der Waals surface area contributed by atoms with Crippen molar-refractivity contribution in [3.05, 3.63) is 17.6 Å². The highest BCUT2D eigenvalue weighted by Gasteiger charge is 2.39. The van der Waals surface area contributed by atoms with E-state index in [-0.39, 0.29) is 5.60 Å². The molecule has 2 aliphatic rings. The van der Waals surface area contributed by atoms with Crippen LogP contribution in [-0.4, -0.2) is 23.6 Å². The molecule has 0 atom stereocenters. The molecule has 1 heterocycles. The first-order valence-corrected chi connectivity index (χ1v) is 8.46. The number of rotatable bonds is 5. The topological polar surface area (TPSA) is 47.0 Å². The standard InChI is InChI=1S/C17H27N3O/c1-3-18-15-12-14(13-8-4-5-9-13)19-16(20-15)17(21-2)10-6-7-11-17/h12-13H,3-11H2,1-2H3,(H,18,19,20). The van der Waals surface area contributed by atoms with Crippen LogP contribution in [0.15, 0.2) is 6.07 Å². The molecule has 0 aliphatic heterocycles. The lowest BCUT2D eigenvalue weighted by Crippen LogP contribution is -2.28. The van der Waals surface area contributed by atoms with E-state index in [0.29, 0.717) is 5.92 Å². The van der Waals surface area contributed by atoms with Gasteiger partial charge in [0.2, 0.25) is 0 Å². The van der Waals surface area contributed by atoms with Crippen LogP contribution in [0.3, 0.4) is 0 Å². The van der Waals surface area contributed by atoms with Gasteiger partial charge in [0.15, 0.2) is 5.82 Å². The predicted octanol–water partition coefficient (Wildman–Crippen LogP) is 3.98. The SMILES string of the molecule is CCNc1cc(C2CCCC2)nc(C2(OC)CCCC2)n1. The molecule has 1 aromatic rings. The molecule has 1 N–H and O–H groups in total. The quantitative estimate of drug-likeness (QED) is 0.890. The van der Waals surface area contributed by atoms with Gasteiger partial charge in [-0.2, -0.15) is 0 Å². The largest absolute Gasteiger partial charge is 0.370 e. The number of nitrogens with one attached hydrogen (secondary N) is 1. The van der Waals surface area contributed by atoms with Gasteiger partial charge in [-0.05, 0) is 45.4 Å². The predicted molar refractivity (Wildman–Crippen MR) is 84.6 cm³/mol. The van der Waals surface area contributed by atoms with Gasteiger partial charge >= 0.3 is 0 Å². The molecular formula is C17H27N3O. The van der Waals surface area contributed by atoms with Crippen LogP contribution >= 0.6 is 0 Å². The van der Waals surface area contributed by atoms with Crippen LogP contribution in [-0.2, 0) is 10.3 Å². The molecule has 1 aromatic heterocycles. The summed E-state index contributed by atoms with van der Waals surface area (Å²) in [6.45, 7) is 3.00. The Balaban J connectivity index is 1.98. The summed E-state index contributed by atoms with van der Waals surface area (Å²) in [7, 11) is 1.81. The smallest absolute Gasteiger partial charge is 0.162 e. The summed E-state index contributed by atoms with van der Waals surface area (Å²) < 4.78 is 5.88. The molecule has 0 saturated heterocycles. The van der Waals surface area contributed by atoms with Gasteiger partial charge in [-0.15, -0.1) is 0 Å². The number of ether oxygens (including phenoxy) is 1. The molecule has 4 nitrogen and oxygen atoms in total. The Kier molecular flexibility index (Phi) is 4.43. The number of aromatic nitrogens is 2. The summed E-state index contributed by atoms with van der Waals surface area (Å²) in [5.74, 6) is 2.48. The van der Waals surface area contributed by atoms with Gasteiger partial charge in [0, 0.05) is 31.3 Å². The molecule has 116 valence electrons. The van der Waals surface area contributed by atoms with E-state index in [4.69, 9.17) is 14.7 Å². The van der Waals surface area contributed by atoms with E-state index < -0.39 is 0 Å². The van der Waals surface area contributed by atoms with Crippen molar-refractivity contribution in [2.24, 2.45) is 0 Å². The number of hydrogen-bond acceptors (Lipinski definition) is 4. The summed E-state index contributed by atoms with van der Waals surface area (Å²) in [4.78, 5) is 9.72. The lowest BCUT2D eigenvalue weighted by atomic mass is 9.99. The van der Waals surface area contributed by atoms with Crippen molar-refractivity contribution in [3.8, 4) is 0 Å². The van der Waals surface area contributed by atoms with E-state index >= 15 is 0 Å². The van der Waals surface area contributed by atoms with Gasteiger partial charge in [0.1, 0.15) is 11.4 Å². The van der Waals surface area contributed by atoms with E-state index in [0.717, 1.165) is 31.0 Å². The van der Waals surface area contributed by atoms with Crippen LogP contribution in [0.1, 0.15) is 75.7 Å². The fraction of sp³-hybridized carbons (Fsp3) is 0.765. The molecule has 3 rings (SSSR count). The van der Waals surface area contributed by atoms with Gasteiger partial charge in [-0.25, -0.2) is 9.97 Å². The van der Waals surface area contributed by atoms with Gasteiger partial charge in [-0.3, -0.25) is 0 Å². The third kappa shape index (κ3) is 2.91. The second-order valence-corrected chi connectivity index (χ2v) is 6.42. The number of anilines is 1. The van der Waals surface area contributed by atoms with Crippen molar-refractivity contribution in [1.82, 2.24) is 9.97 Å². The second-order valence-electron chi connectivity index (χ2n) is 6.42.